The van der Waals surface area contributed by atoms with Crippen LogP contribution < -0.4 is 0 Å². The van der Waals surface area contributed by atoms with Crippen molar-refractivity contribution >= 4 is 43.2 Å². The van der Waals surface area contributed by atoms with Crippen molar-refractivity contribution < 1.29 is 0 Å². The average Bonchev–Trinajstić information content (AvgIpc) is 3.15. The van der Waals surface area contributed by atoms with Crippen molar-refractivity contribution in [2.75, 3.05) is 0 Å². The van der Waals surface area contributed by atoms with Gasteiger partial charge in [0, 0.05) is 10.9 Å². The molecular formula is C45H29N. The van der Waals surface area contributed by atoms with E-state index in [2.05, 4.69) is 176 Å². The first-order valence-electron chi connectivity index (χ1n) is 15.8. The normalized spacial score (nSPS) is 11.5. The number of hydrogen-bond acceptors (Lipinski definition) is 1. The summed E-state index contributed by atoms with van der Waals surface area (Å²) < 4.78 is 0. The standard InChI is InChI=1S/C45H29N/c1-2-12-30(13-3-1)42-29-45(46-44-23-9-8-22-41(42)44)35-17-11-16-33(27-35)31-14-10-15-32(26-31)34-24-25-40-38-20-5-4-18-36(38)37-19-6-7-21-39(37)43(40)28-34/h1-29H. The van der Waals surface area contributed by atoms with Crippen LogP contribution in [0.5, 0.6) is 0 Å². The maximum Gasteiger partial charge on any atom is 0.0716 e. The van der Waals surface area contributed by atoms with Crippen LogP contribution in [-0.4, -0.2) is 4.98 Å². The van der Waals surface area contributed by atoms with E-state index in [1.54, 1.807) is 0 Å². The summed E-state index contributed by atoms with van der Waals surface area (Å²) >= 11 is 0. The van der Waals surface area contributed by atoms with Gasteiger partial charge in [0.15, 0.2) is 0 Å². The topological polar surface area (TPSA) is 12.9 Å². The van der Waals surface area contributed by atoms with Gasteiger partial charge in [-0.05, 0) is 96.0 Å². The van der Waals surface area contributed by atoms with E-state index < -0.39 is 0 Å². The highest BCUT2D eigenvalue weighted by atomic mass is 14.7. The van der Waals surface area contributed by atoms with E-state index in [-0.39, 0.29) is 0 Å². The van der Waals surface area contributed by atoms with E-state index in [0.29, 0.717) is 0 Å². The molecule has 1 nitrogen and oxygen atoms in total. The van der Waals surface area contributed by atoms with Crippen molar-refractivity contribution in [3.63, 3.8) is 0 Å². The number of fused-ring (bicyclic) bond motifs is 7. The van der Waals surface area contributed by atoms with Crippen LogP contribution >= 0.6 is 0 Å². The lowest BCUT2D eigenvalue weighted by atomic mass is 9.91. The third-order valence-corrected chi connectivity index (χ3v) is 9.23. The molecule has 1 aromatic heterocycles. The van der Waals surface area contributed by atoms with Crippen molar-refractivity contribution in [2.45, 2.75) is 0 Å². The lowest BCUT2D eigenvalue weighted by Gasteiger charge is -2.13. The monoisotopic (exact) mass is 583 g/mol. The quantitative estimate of drug-likeness (QED) is 0.188. The van der Waals surface area contributed by atoms with E-state index in [1.807, 2.05) is 0 Å². The minimum Gasteiger partial charge on any atom is -0.248 e. The first-order valence-corrected chi connectivity index (χ1v) is 15.8. The Morgan fingerprint density at radius 1 is 0.261 bits per heavy atom. The zero-order valence-corrected chi connectivity index (χ0v) is 25.2. The fourth-order valence-corrected chi connectivity index (χ4v) is 7.00. The van der Waals surface area contributed by atoms with Crippen molar-refractivity contribution in [3.8, 4) is 44.6 Å². The highest BCUT2D eigenvalue weighted by Crippen LogP contribution is 2.38. The summed E-state index contributed by atoms with van der Waals surface area (Å²) in [4.78, 5) is 5.11. The molecule has 1 heterocycles. The summed E-state index contributed by atoms with van der Waals surface area (Å²) in [7, 11) is 0. The molecule has 0 aliphatic rings. The maximum absolute atomic E-state index is 5.11. The average molecular weight is 584 g/mol. The van der Waals surface area contributed by atoms with Crippen LogP contribution in [0.1, 0.15) is 0 Å². The van der Waals surface area contributed by atoms with Gasteiger partial charge in [-0.2, -0.15) is 0 Å². The molecule has 8 aromatic carbocycles. The Balaban J connectivity index is 1.15. The van der Waals surface area contributed by atoms with Crippen LogP contribution in [0.3, 0.4) is 0 Å². The van der Waals surface area contributed by atoms with Crippen LogP contribution in [0.2, 0.25) is 0 Å². The van der Waals surface area contributed by atoms with Crippen LogP contribution in [-0.2, 0) is 0 Å². The Morgan fingerprint density at radius 3 is 1.37 bits per heavy atom. The van der Waals surface area contributed by atoms with Gasteiger partial charge in [-0.3, -0.25) is 0 Å². The minimum absolute atomic E-state index is 0.976. The predicted octanol–water partition coefficient (Wildman–Crippen LogP) is 12.4. The predicted molar refractivity (Wildman–Crippen MR) is 196 cm³/mol. The molecule has 0 atom stereocenters. The molecule has 0 spiro atoms. The third-order valence-electron chi connectivity index (χ3n) is 9.23. The second-order valence-corrected chi connectivity index (χ2v) is 12.0. The summed E-state index contributed by atoms with van der Waals surface area (Å²) in [5.41, 5.74) is 10.3. The molecule has 0 aliphatic carbocycles. The lowest BCUT2D eigenvalue weighted by Crippen LogP contribution is -1.90. The van der Waals surface area contributed by atoms with Gasteiger partial charge in [0.1, 0.15) is 0 Å². The largest absolute Gasteiger partial charge is 0.248 e. The first-order chi connectivity index (χ1) is 22.8. The van der Waals surface area contributed by atoms with Crippen LogP contribution in [0.15, 0.2) is 176 Å². The summed E-state index contributed by atoms with van der Waals surface area (Å²) in [6, 6.07) is 63.4. The highest BCUT2D eigenvalue weighted by molar-refractivity contribution is 6.25. The minimum atomic E-state index is 0.976. The molecule has 0 saturated heterocycles. The number of aromatic nitrogens is 1. The van der Waals surface area contributed by atoms with Gasteiger partial charge in [-0.1, -0.05) is 146 Å². The Hall–Kier alpha value is -6.05. The van der Waals surface area contributed by atoms with Crippen molar-refractivity contribution in [1.82, 2.24) is 4.98 Å². The smallest absolute Gasteiger partial charge is 0.0716 e. The molecule has 1 heteroatoms. The summed E-state index contributed by atoms with van der Waals surface area (Å²) in [6.07, 6.45) is 0. The van der Waals surface area contributed by atoms with Gasteiger partial charge < -0.3 is 0 Å². The Morgan fingerprint density at radius 2 is 0.717 bits per heavy atom. The highest BCUT2D eigenvalue weighted by Gasteiger charge is 2.12. The van der Waals surface area contributed by atoms with Gasteiger partial charge in [0.25, 0.3) is 0 Å². The Bertz CT molecular complexity index is 2540. The molecule has 0 fully saturated rings. The maximum atomic E-state index is 5.11. The van der Waals surface area contributed by atoms with Crippen molar-refractivity contribution in [3.05, 3.63) is 176 Å². The number of benzene rings is 8. The molecule has 9 rings (SSSR count). The summed E-state index contributed by atoms with van der Waals surface area (Å²) in [5.74, 6) is 0. The molecule has 0 unspecified atom stereocenters. The first kappa shape index (κ1) is 26.4. The van der Waals surface area contributed by atoms with Crippen molar-refractivity contribution in [2.24, 2.45) is 0 Å². The molecule has 0 saturated carbocycles. The fourth-order valence-electron chi connectivity index (χ4n) is 7.00. The second-order valence-electron chi connectivity index (χ2n) is 12.0. The van der Waals surface area contributed by atoms with Crippen molar-refractivity contribution in [1.29, 1.82) is 0 Å². The van der Waals surface area contributed by atoms with Crippen LogP contribution in [0.25, 0.3) is 87.9 Å². The molecule has 214 valence electrons. The molecule has 0 amide bonds. The molecule has 0 bridgehead atoms. The van der Waals surface area contributed by atoms with E-state index in [1.165, 1.54) is 65.7 Å². The van der Waals surface area contributed by atoms with Gasteiger partial charge in [0.05, 0.1) is 11.2 Å². The Labute approximate surface area is 268 Å². The third kappa shape index (κ3) is 4.45. The molecule has 0 radical (unpaired) electrons. The van der Waals surface area contributed by atoms with Gasteiger partial charge in [0.2, 0.25) is 0 Å². The molecule has 9 aromatic rings. The van der Waals surface area contributed by atoms with Gasteiger partial charge in [-0.15, -0.1) is 0 Å². The van der Waals surface area contributed by atoms with Crippen LogP contribution in [0.4, 0.5) is 0 Å². The molecular weight excluding hydrogens is 555 g/mol. The van der Waals surface area contributed by atoms with E-state index >= 15 is 0 Å². The zero-order valence-electron chi connectivity index (χ0n) is 25.2. The Kier molecular flexibility index (Phi) is 6.21. The lowest BCUT2D eigenvalue weighted by molar-refractivity contribution is 1.40. The fraction of sp³-hybridized carbons (Fsp3) is 0. The van der Waals surface area contributed by atoms with Crippen LogP contribution in [0, 0.1) is 0 Å². The number of pyridine rings is 1. The number of para-hydroxylation sites is 1. The summed E-state index contributed by atoms with van der Waals surface area (Å²) in [6.45, 7) is 0. The molecule has 0 aliphatic heterocycles. The van der Waals surface area contributed by atoms with E-state index in [9.17, 15) is 0 Å². The molecule has 0 N–H and O–H groups in total. The zero-order chi connectivity index (χ0) is 30.5. The van der Waals surface area contributed by atoms with E-state index in [4.69, 9.17) is 4.98 Å². The van der Waals surface area contributed by atoms with E-state index in [0.717, 1.165) is 22.2 Å². The summed E-state index contributed by atoms with van der Waals surface area (Å²) in [5, 5.41) is 8.93. The van der Waals surface area contributed by atoms with Gasteiger partial charge in [-0.25, -0.2) is 4.98 Å². The number of hydrogen-bond donors (Lipinski definition) is 0. The number of nitrogens with zero attached hydrogens (tertiary/aromatic N) is 1. The number of rotatable bonds is 4. The SMILES string of the molecule is c1ccc(-c2cc(-c3cccc(-c4cccc(-c5ccc6c7ccccc7c7ccccc7c6c5)c4)c3)nc3ccccc23)cc1. The van der Waals surface area contributed by atoms with Gasteiger partial charge >= 0.3 is 0 Å². The molecule has 46 heavy (non-hydrogen) atoms. The second kappa shape index (κ2) is 10.8.